The number of rotatable bonds is 6. The zero-order valence-electron chi connectivity index (χ0n) is 19.0. The van der Waals surface area contributed by atoms with Crippen LogP contribution >= 0.6 is 0 Å². The van der Waals surface area contributed by atoms with Crippen LogP contribution in [0.5, 0.6) is 0 Å². The van der Waals surface area contributed by atoms with Crippen molar-refractivity contribution in [1.82, 2.24) is 19.6 Å². The molecule has 0 radical (unpaired) electrons. The van der Waals surface area contributed by atoms with Crippen molar-refractivity contribution in [3.8, 4) is 11.4 Å². The van der Waals surface area contributed by atoms with E-state index in [4.69, 9.17) is 10.5 Å². The first-order chi connectivity index (χ1) is 15.8. The standard InChI is InChI=1S/C24H30N6O3/c1-24(2,32)15-5-7-16(8-6-15)29(17-13-33-14-17)20-10-19(26-11-18(20)23(25)31)21-12-27-22-4-3-9-28-30(21)22/h3-4,9-12,15-17,32H,5-8,13-14H2,1-2H3,(H2,25,31). The number of carbonyl (C=O) groups is 1. The summed E-state index contributed by atoms with van der Waals surface area (Å²) in [7, 11) is 0. The molecule has 0 spiro atoms. The topological polar surface area (TPSA) is 119 Å². The highest BCUT2D eigenvalue weighted by atomic mass is 16.5. The molecule has 2 fully saturated rings. The number of primary amides is 1. The maximum atomic E-state index is 12.4. The first-order valence-electron chi connectivity index (χ1n) is 11.5. The number of amides is 1. The Hall–Kier alpha value is -3.04. The van der Waals surface area contributed by atoms with Crippen LogP contribution in [0.15, 0.2) is 36.8 Å². The van der Waals surface area contributed by atoms with Crippen LogP contribution in [0.1, 0.15) is 49.9 Å². The third-order valence-corrected chi connectivity index (χ3v) is 7.07. The number of anilines is 1. The van der Waals surface area contributed by atoms with Crippen LogP contribution in [0.4, 0.5) is 5.69 Å². The number of fused-ring (bicyclic) bond motifs is 1. The Labute approximate surface area is 192 Å². The molecule has 1 amide bonds. The molecule has 3 N–H and O–H groups in total. The molecule has 9 heteroatoms. The lowest BCUT2D eigenvalue weighted by Crippen LogP contribution is -2.55. The van der Waals surface area contributed by atoms with Gasteiger partial charge in [0.1, 0.15) is 5.69 Å². The third-order valence-electron chi connectivity index (χ3n) is 7.07. The second-order valence-corrected chi connectivity index (χ2v) is 9.65. The van der Waals surface area contributed by atoms with Gasteiger partial charge in [-0.05, 0) is 63.6 Å². The van der Waals surface area contributed by atoms with Crippen LogP contribution < -0.4 is 10.6 Å². The smallest absolute Gasteiger partial charge is 0.252 e. The van der Waals surface area contributed by atoms with E-state index in [-0.39, 0.29) is 18.0 Å². The Balaban J connectivity index is 1.54. The number of nitrogens with two attached hydrogens (primary N) is 1. The molecular weight excluding hydrogens is 420 g/mol. The molecule has 9 nitrogen and oxygen atoms in total. The lowest BCUT2D eigenvalue weighted by atomic mass is 9.76. The van der Waals surface area contributed by atoms with Crippen LogP contribution in [0.2, 0.25) is 0 Å². The van der Waals surface area contributed by atoms with E-state index < -0.39 is 11.5 Å². The first-order valence-corrected chi connectivity index (χ1v) is 11.5. The molecule has 3 aromatic heterocycles. The molecule has 0 aromatic carbocycles. The van der Waals surface area contributed by atoms with Crippen molar-refractivity contribution in [3.63, 3.8) is 0 Å². The van der Waals surface area contributed by atoms with Gasteiger partial charge in [0, 0.05) is 18.4 Å². The van der Waals surface area contributed by atoms with E-state index in [1.54, 1.807) is 23.1 Å². The highest BCUT2D eigenvalue weighted by Crippen LogP contribution is 2.39. The van der Waals surface area contributed by atoms with Crippen molar-refractivity contribution in [1.29, 1.82) is 0 Å². The van der Waals surface area contributed by atoms with E-state index in [9.17, 15) is 9.90 Å². The average molecular weight is 451 g/mol. The van der Waals surface area contributed by atoms with Gasteiger partial charge in [-0.2, -0.15) is 5.10 Å². The zero-order valence-corrected chi connectivity index (χ0v) is 19.0. The van der Waals surface area contributed by atoms with Gasteiger partial charge in [-0.3, -0.25) is 9.78 Å². The van der Waals surface area contributed by atoms with Crippen molar-refractivity contribution in [3.05, 3.63) is 42.4 Å². The Morgan fingerprint density at radius 1 is 1.18 bits per heavy atom. The Morgan fingerprint density at radius 3 is 2.58 bits per heavy atom. The molecule has 174 valence electrons. The Bertz CT molecular complexity index is 1160. The number of aliphatic hydroxyl groups is 1. The number of hydrogen-bond acceptors (Lipinski definition) is 7. The summed E-state index contributed by atoms with van der Waals surface area (Å²) in [6, 6.07) is 6.05. The van der Waals surface area contributed by atoms with E-state index in [1.165, 1.54) is 0 Å². The summed E-state index contributed by atoms with van der Waals surface area (Å²) in [5.74, 6) is -0.239. The first kappa shape index (κ1) is 21.8. The van der Waals surface area contributed by atoms with Crippen molar-refractivity contribution in [2.75, 3.05) is 18.1 Å². The third kappa shape index (κ3) is 4.06. The maximum absolute atomic E-state index is 12.4. The number of carbonyl (C=O) groups excluding carboxylic acids is 1. The summed E-state index contributed by atoms with van der Waals surface area (Å²) in [6.45, 7) is 5.00. The van der Waals surface area contributed by atoms with E-state index in [1.807, 2.05) is 32.0 Å². The molecule has 4 heterocycles. The van der Waals surface area contributed by atoms with Gasteiger partial charge in [-0.15, -0.1) is 0 Å². The lowest BCUT2D eigenvalue weighted by molar-refractivity contribution is -0.0127. The molecule has 1 aliphatic heterocycles. The second-order valence-electron chi connectivity index (χ2n) is 9.65. The van der Waals surface area contributed by atoms with Gasteiger partial charge in [-0.1, -0.05) is 0 Å². The molecule has 1 aliphatic carbocycles. The summed E-state index contributed by atoms with van der Waals surface area (Å²) in [5.41, 5.74) is 8.42. The van der Waals surface area contributed by atoms with Gasteiger partial charge < -0.3 is 20.5 Å². The minimum Gasteiger partial charge on any atom is -0.390 e. The number of nitrogens with zero attached hydrogens (tertiary/aromatic N) is 5. The molecule has 2 aliphatic rings. The second kappa shape index (κ2) is 8.39. The highest BCUT2D eigenvalue weighted by Gasteiger charge is 2.38. The molecule has 5 rings (SSSR count). The summed E-state index contributed by atoms with van der Waals surface area (Å²) in [4.78, 5) is 23.7. The molecule has 33 heavy (non-hydrogen) atoms. The fraction of sp³-hybridized carbons (Fsp3) is 0.500. The SMILES string of the molecule is CC(C)(O)C1CCC(N(c2cc(-c3cnc4cccnn34)ncc2C(N)=O)C2COC2)CC1. The molecule has 0 atom stereocenters. The monoisotopic (exact) mass is 450 g/mol. The Morgan fingerprint density at radius 2 is 1.94 bits per heavy atom. The number of ether oxygens (including phenoxy) is 1. The largest absolute Gasteiger partial charge is 0.390 e. The number of aromatic nitrogens is 4. The zero-order chi connectivity index (χ0) is 23.2. The van der Waals surface area contributed by atoms with E-state index in [0.717, 1.165) is 42.7 Å². The van der Waals surface area contributed by atoms with E-state index in [2.05, 4.69) is 20.0 Å². The van der Waals surface area contributed by atoms with Crippen molar-refractivity contribution in [2.24, 2.45) is 11.7 Å². The van der Waals surface area contributed by atoms with Gasteiger partial charge >= 0.3 is 0 Å². The molecular formula is C24H30N6O3. The fourth-order valence-electron chi connectivity index (χ4n) is 5.13. The predicted octanol–water partition coefficient (Wildman–Crippen LogP) is 2.43. The van der Waals surface area contributed by atoms with Crippen molar-refractivity contribution >= 4 is 17.2 Å². The highest BCUT2D eigenvalue weighted by molar-refractivity contribution is 5.99. The van der Waals surface area contributed by atoms with E-state index >= 15 is 0 Å². The van der Waals surface area contributed by atoms with Crippen molar-refractivity contribution in [2.45, 2.75) is 57.2 Å². The van der Waals surface area contributed by atoms with Gasteiger partial charge in [-0.25, -0.2) is 9.50 Å². The minimum atomic E-state index is -0.687. The molecule has 1 saturated carbocycles. The maximum Gasteiger partial charge on any atom is 0.252 e. The normalized spacial score (nSPS) is 21.7. The van der Waals surface area contributed by atoms with Gasteiger partial charge in [0.25, 0.3) is 5.91 Å². The Kier molecular flexibility index (Phi) is 5.54. The van der Waals surface area contributed by atoms with Gasteiger partial charge in [0.05, 0.1) is 48.0 Å². The molecule has 3 aromatic rings. The minimum absolute atomic E-state index is 0.169. The summed E-state index contributed by atoms with van der Waals surface area (Å²) in [5, 5.41) is 14.9. The van der Waals surface area contributed by atoms with Crippen LogP contribution in [0.25, 0.3) is 17.0 Å². The molecule has 0 unspecified atom stereocenters. The molecule has 0 bridgehead atoms. The molecule has 1 saturated heterocycles. The van der Waals surface area contributed by atoms with Crippen LogP contribution in [0.3, 0.4) is 0 Å². The van der Waals surface area contributed by atoms with Crippen molar-refractivity contribution < 1.29 is 14.6 Å². The van der Waals surface area contributed by atoms with E-state index in [0.29, 0.717) is 24.5 Å². The number of imidazole rings is 1. The number of pyridine rings is 1. The van der Waals surface area contributed by atoms with Crippen LogP contribution in [-0.4, -0.2) is 61.5 Å². The lowest BCUT2D eigenvalue weighted by Gasteiger charge is -2.47. The van der Waals surface area contributed by atoms with Crippen LogP contribution in [-0.2, 0) is 4.74 Å². The van der Waals surface area contributed by atoms with Crippen LogP contribution in [0, 0.1) is 5.92 Å². The predicted molar refractivity (Wildman–Crippen MR) is 124 cm³/mol. The quantitative estimate of drug-likeness (QED) is 0.592. The summed E-state index contributed by atoms with van der Waals surface area (Å²) < 4.78 is 7.26. The number of hydrogen-bond donors (Lipinski definition) is 2. The average Bonchev–Trinajstić information content (AvgIpc) is 3.19. The fourth-order valence-corrected chi connectivity index (χ4v) is 5.13. The summed E-state index contributed by atoms with van der Waals surface area (Å²) >= 11 is 0. The van der Waals surface area contributed by atoms with Gasteiger partial charge in [0.2, 0.25) is 0 Å². The summed E-state index contributed by atoms with van der Waals surface area (Å²) in [6.07, 6.45) is 8.72. The van der Waals surface area contributed by atoms with Gasteiger partial charge in [0.15, 0.2) is 5.65 Å².